The second-order valence-corrected chi connectivity index (χ2v) is 5.80. The van der Waals surface area contributed by atoms with Crippen molar-refractivity contribution < 1.29 is 14.7 Å². The highest BCUT2D eigenvalue weighted by Crippen LogP contribution is 2.19. The second-order valence-electron chi connectivity index (χ2n) is 5.80. The minimum Gasteiger partial charge on any atom is -0.480 e. The largest absolute Gasteiger partial charge is 0.480 e. The van der Waals surface area contributed by atoms with E-state index in [2.05, 4.69) is 17.6 Å². The minimum absolute atomic E-state index is 0.0550. The third-order valence-electron chi connectivity index (χ3n) is 2.76. The first-order chi connectivity index (χ1) is 8.18. The molecule has 106 valence electrons. The third-order valence-corrected chi connectivity index (χ3v) is 2.76. The summed E-state index contributed by atoms with van der Waals surface area (Å²) < 4.78 is 0. The third kappa shape index (κ3) is 6.47. The molecule has 0 saturated heterocycles. The van der Waals surface area contributed by atoms with Crippen LogP contribution in [0.3, 0.4) is 0 Å². The molecule has 0 fully saturated rings. The van der Waals surface area contributed by atoms with Crippen molar-refractivity contribution in [2.45, 2.75) is 66.0 Å². The predicted octanol–water partition coefficient (Wildman–Crippen LogP) is 2.36. The smallest absolute Gasteiger partial charge is 0.326 e. The summed E-state index contributed by atoms with van der Waals surface area (Å²) in [4.78, 5) is 22.8. The van der Waals surface area contributed by atoms with Crippen LogP contribution in [0.4, 0.5) is 4.79 Å². The summed E-state index contributed by atoms with van der Waals surface area (Å²) in [7, 11) is 0. The van der Waals surface area contributed by atoms with E-state index in [0.29, 0.717) is 0 Å². The lowest BCUT2D eigenvalue weighted by Gasteiger charge is -2.28. The number of carboxylic acid groups (broad SMARTS) is 1. The number of carbonyl (C=O) groups excluding carboxylic acids is 1. The van der Waals surface area contributed by atoms with Crippen LogP contribution in [0, 0.1) is 5.41 Å². The van der Waals surface area contributed by atoms with Crippen molar-refractivity contribution in [2.24, 2.45) is 5.41 Å². The maximum absolute atomic E-state index is 11.7. The van der Waals surface area contributed by atoms with E-state index in [1.54, 1.807) is 20.8 Å². The average molecular weight is 258 g/mol. The standard InChI is InChI=1S/C13H26N2O3/c1-6-7-8-9(2)14-12(18)15-10(11(16)17)13(3,4)5/h9-10H,6-8H2,1-5H3,(H,16,17)(H2,14,15,18). The van der Waals surface area contributed by atoms with Gasteiger partial charge in [-0.3, -0.25) is 0 Å². The summed E-state index contributed by atoms with van der Waals surface area (Å²) in [5, 5.41) is 14.4. The molecule has 0 aliphatic heterocycles. The molecule has 2 unspecified atom stereocenters. The molecule has 0 aromatic carbocycles. The van der Waals surface area contributed by atoms with Gasteiger partial charge in [-0.15, -0.1) is 0 Å². The summed E-state index contributed by atoms with van der Waals surface area (Å²) >= 11 is 0. The lowest BCUT2D eigenvalue weighted by molar-refractivity contribution is -0.141. The Balaban J connectivity index is 4.31. The van der Waals surface area contributed by atoms with Crippen LogP contribution >= 0.6 is 0 Å². The van der Waals surface area contributed by atoms with Crippen molar-refractivity contribution in [1.29, 1.82) is 0 Å². The normalized spacial score (nSPS) is 14.7. The Hall–Kier alpha value is -1.26. The Morgan fingerprint density at radius 1 is 1.22 bits per heavy atom. The number of rotatable bonds is 6. The lowest BCUT2D eigenvalue weighted by Crippen LogP contribution is -2.53. The van der Waals surface area contributed by atoms with Gasteiger partial charge in [0.2, 0.25) is 0 Å². The summed E-state index contributed by atoms with van der Waals surface area (Å²) in [6.07, 6.45) is 3.02. The van der Waals surface area contributed by atoms with Gasteiger partial charge in [0.15, 0.2) is 0 Å². The molecule has 0 saturated carbocycles. The van der Waals surface area contributed by atoms with Gasteiger partial charge in [-0.05, 0) is 18.8 Å². The molecule has 2 amide bonds. The summed E-state index contributed by atoms with van der Waals surface area (Å²) in [6.45, 7) is 9.36. The van der Waals surface area contributed by atoms with Crippen molar-refractivity contribution in [2.75, 3.05) is 0 Å². The highest BCUT2D eigenvalue weighted by molar-refractivity contribution is 5.83. The molecule has 0 aromatic heterocycles. The van der Waals surface area contributed by atoms with Crippen molar-refractivity contribution in [1.82, 2.24) is 10.6 Å². The monoisotopic (exact) mass is 258 g/mol. The van der Waals surface area contributed by atoms with Crippen LogP contribution in [0.25, 0.3) is 0 Å². The predicted molar refractivity (Wildman–Crippen MR) is 71.5 cm³/mol. The van der Waals surface area contributed by atoms with Gasteiger partial charge in [0.05, 0.1) is 0 Å². The zero-order chi connectivity index (χ0) is 14.3. The molecule has 5 heteroatoms. The summed E-state index contributed by atoms with van der Waals surface area (Å²) in [5.41, 5.74) is -0.518. The van der Waals surface area contributed by atoms with Gasteiger partial charge in [-0.25, -0.2) is 9.59 Å². The number of amides is 2. The molecule has 0 radical (unpaired) electrons. The molecule has 0 spiro atoms. The highest BCUT2D eigenvalue weighted by Gasteiger charge is 2.32. The summed E-state index contributed by atoms with van der Waals surface area (Å²) in [6, 6.07) is -1.25. The maximum Gasteiger partial charge on any atom is 0.326 e. The van der Waals surface area contributed by atoms with E-state index in [1.165, 1.54) is 0 Å². The van der Waals surface area contributed by atoms with Gasteiger partial charge in [-0.1, -0.05) is 40.5 Å². The van der Waals surface area contributed by atoms with E-state index in [0.717, 1.165) is 19.3 Å². The van der Waals surface area contributed by atoms with Crippen molar-refractivity contribution in [3.05, 3.63) is 0 Å². The van der Waals surface area contributed by atoms with Crippen LogP contribution in [-0.4, -0.2) is 29.2 Å². The zero-order valence-electron chi connectivity index (χ0n) is 12.0. The van der Waals surface area contributed by atoms with Crippen molar-refractivity contribution >= 4 is 12.0 Å². The summed E-state index contributed by atoms with van der Waals surface area (Å²) in [5.74, 6) is -1.01. The van der Waals surface area contributed by atoms with E-state index in [1.807, 2.05) is 6.92 Å². The molecular weight excluding hydrogens is 232 g/mol. The molecular formula is C13H26N2O3. The maximum atomic E-state index is 11.7. The van der Waals surface area contributed by atoms with Crippen LogP contribution in [0.2, 0.25) is 0 Å². The van der Waals surface area contributed by atoms with Gasteiger partial charge in [0.1, 0.15) is 6.04 Å². The molecule has 0 aromatic rings. The Morgan fingerprint density at radius 2 is 1.78 bits per heavy atom. The van der Waals surface area contributed by atoms with E-state index in [4.69, 9.17) is 5.11 Å². The van der Waals surface area contributed by atoms with Gasteiger partial charge in [0.25, 0.3) is 0 Å². The molecule has 0 bridgehead atoms. The Kier molecular flexibility index (Phi) is 6.73. The fraction of sp³-hybridized carbons (Fsp3) is 0.846. The fourth-order valence-corrected chi connectivity index (χ4v) is 1.63. The molecule has 0 aliphatic rings. The average Bonchev–Trinajstić information content (AvgIpc) is 2.21. The molecule has 0 aliphatic carbocycles. The van der Waals surface area contributed by atoms with Gasteiger partial charge in [0, 0.05) is 6.04 Å². The van der Waals surface area contributed by atoms with Gasteiger partial charge < -0.3 is 15.7 Å². The Bertz CT molecular complexity index is 284. The first kappa shape index (κ1) is 16.7. The van der Waals surface area contributed by atoms with E-state index in [-0.39, 0.29) is 6.04 Å². The molecule has 18 heavy (non-hydrogen) atoms. The molecule has 2 atom stereocenters. The molecule has 3 N–H and O–H groups in total. The first-order valence-electron chi connectivity index (χ1n) is 6.48. The second kappa shape index (κ2) is 7.24. The van der Waals surface area contributed by atoms with Gasteiger partial charge >= 0.3 is 12.0 Å². The number of hydrogen-bond acceptors (Lipinski definition) is 2. The van der Waals surface area contributed by atoms with Gasteiger partial charge in [-0.2, -0.15) is 0 Å². The topological polar surface area (TPSA) is 78.4 Å². The highest BCUT2D eigenvalue weighted by atomic mass is 16.4. The Labute approximate surface area is 109 Å². The molecule has 5 nitrogen and oxygen atoms in total. The lowest BCUT2D eigenvalue weighted by atomic mass is 9.87. The number of carboxylic acids is 1. The minimum atomic E-state index is -1.01. The van der Waals surface area contributed by atoms with Crippen LogP contribution in [0.15, 0.2) is 0 Å². The van der Waals surface area contributed by atoms with E-state index < -0.39 is 23.5 Å². The number of aliphatic carboxylic acids is 1. The number of unbranched alkanes of at least 4 members (excludes halogenated alkanes) is 1. The fourth-order valence-electron chi connectivity index (χ4n) is 1.63. The Morgan fingerprint density at radius 3 is 2.17 bits per heavy atom. The first-order valence-corrected chi connectivity index (χ1v) is 6.48. The number of hydrogen-bond donors (Lipinski definition) is 3. The van der Waals surface area contributed by atoms with E-state index in [9.17, 15) is 9.59 Å². The zero-order valence-corrected chi connectivity index (χ0v) is 12.0. The van der Waals surface area contributed by atoms with E-state index >= 15 is 0 Å². The quantitative estimate of drug-likeness (QED) is 0.684. The number of carbonyl (C=O) groups is 2. The van der Waals surface area contributed by atoms with Crippen LogP contribution in [0.5, 0.6) is 0 Å². The van der Waals surface area contributed by atoms with Crippen LogP contribution in [0.1, 0.15) is 53.9 Å². The van der Waals surface area contributed by atoms with Crippen LogP contribution in [-0.2, 0) is 4.79 Å². The number of nitrogens with one attached hydrogen (secondary N) is 2. The molecule has 0 heterocycles. The van der Waals surface area contributed by atoms with Crippen LogP contribution < -0.4 is 10.6 Å². The molecule has 0 rings (SSSR count). The SMILES string of the molecule is CCCCC(C)NC(=O)NC(C(=O)O)C(C)(C)C. The number of urea groups is 1. The van der Waals surface area contributed by atoms with Crippen molar-refractivity contribution in [3.8, 4) is 0 Å². The van der Waals surface area contributed by atoms with Crippen molar-refractivity contribution in [3.63, 3.8) is 0 Å².